The van der Waals surface area contributed by atoms with Crippen molar-refractivity contribution in [2.75, 3.05) is 31.6 Å². The fourth-order valence-electron chi connectivity index (χ4n) is 2.91. The number of aromatic nitrogens is 1. The summed E-state index contributed by atoms with van der Waals surface area (Å²) in [7, 11) is 2.11. The second-order valence-corrected chi connectivity index (χ2v) is 5.91. The molecule has 1 fully saturated rings. The fraction of sp³-hybridized carbons (Fsp3) is 0.600. The van der Waals surface area contributed by atoms with Crippen LogP contribution in [0.4, 0.5) is 5.82 Å². The molecule has 2 N–H and O–H groups in total. The maximum Gasteiger partial charge on any atom is 0.139 e. The molecular formula is C15H24N4S. The molecule has 2 heterocycles. The Morgan fingerprint density at radius 3 is 2.70 bits per heavy atom. The lowest BCUT2D eigenvalue weighted by Gasteiger charge is -2.37. The minimum absolute atomic E-state index is 0.434. The average molecular weight is 292 g/mol. The predicted octanol–water partition coefficient (Wildman–Crippen LogP) is 1.94. The number of piperidine rings is 1. The molecule has 1 saturated heterocycles. The topological polar surface area (TPSA) is 45.4 Å². The molecule has 0 amide bonds. The fourth-order valence-corrected chi connectivity index (χ4v) is 3.16. The lowest BCUT2D eigenvalue weighted by molar-refractivity contribution is 0.220. The summed E-state index contributed by atoms with van der Waals surface area (Å²) < 4.78 is 0. The lowest BCUT2D eigenvalue weighted by Crippen LogP contribution is -2.44. The van der Waals surface area contributed by atoms with Gasteiger partial charge in [-0.2, -0.15) is 0 Å². The molecular weight excluding hydrogens is 268 g/mol. The van der Waals surface area contributed by atoms with Crippen molar-refractivity contribution >= 4 is 23.0 Å². The van der Waals surface area contributed by atoms with E-state index in [1.54, 1.807) is 0 Å². The van der Waals surface area contributed by atoms with Crippen molar-refractivity contribution in [2.45, 2.75) is 32.7 Å². The van der Waals surface area contributed by atoms with Crippen LogP contribution in [-0.2, 0) is 0 Å². The van der Waals surface area contributed by atoms with E-state index in [9.17, 15) is 0 Å². The monoisotopic (exact) mass is 292 g/mol. The molecule has 4 nitrogen and oxygen atoms in total. The normalized spacial score (nSPS) is 17.1. The van der Waals surface area contributed by atoms with Gasteiger partial charge in [0.2, 0.25) is 0 Å². The van der Waals surface area contributed by atoms with Gasteiger partial charge < -0.3 is 15.5 Å². The van der Waals surface area contributed by atoms with Crippen molar-refractivity contribution < 1.29 is 0 Å². The summed E-state index contributed by atoms with van der Waals surface area (Å²) in [6.07, 6.45) is 4.16. The molecule has 1 aromatic rings. The van der Waals surface area contributed by atoms with Crippen LogP contribution in [0.5, 0.6) is 0 Å². The SMILES string of the molecule is CCN1CCC(N(C)c2nccc(C)c2C(N)=S)CC1. The molecule has 0 aromatic carbocycles. The van der Waals surface area contributed by atoms with Crippen LogP contribution in [0.2, 0.25) is 0 Å². The first kappa shape index (κ1) is 15.2. The minimum Gasteiger partial charge on any atom is -0.389 e. The molecule has 0 unspecified atom stereocenters. The van der Waals surface area contributed by atoms with Gasteiger partial charge >= 0.3 is 0 Å². The summed E-state index contributed by atoms with van der Waals surface area (Å²) in [5, 5.41) is 0. The third kappa shape index (κ3) is 3.10. The van der Waals surface area contributed by atoms with E-state index in [2.05, 4.69) is 28.8 Å². The van der Waals surface area contributed by atoms with Crippen LogP contribution in [-0.4, -0.2) is 47.6 Å². The van der Waals surface area contributed by atoms with Gasteiger partial charge in [-0.1, -0.05) is 19.1 Å². The smallest absolute Gasteiger partial charge is 0.139 e. The van der Waals surface area contributed by atoms with Gasteiger partial charge in [-0.05, 0) is 37.9 Å². The highest BCUT2D eigenvalue weighted by atomic mass is 32.1. The predicted molar refractivity (Wildman–Crippen MR) is 88.4 cm³/mol. The van der Waals surface area contributed by atoms with Gasteiger partial charge in [-0.25, -0.2) is 4.98 Å². The van der Waals surface area contributed by atoms with E-state index in [1.165, 1.54) is 0 Å². The minimum atomic E-state index is 0.434. The van der Waals surface area contributed by atoms with Crippen molar-refractivity contribution in [1.29, 1.82) is 0 Å². The van der Waals surface area contributed by atoms with E-state index in [1.807, 2.05) is 19.2 Å². The molecule has 0 aliphatic carbocycles. The number of aryl methyl sites for hydroxylation is 1. The van der Waals surface area contributed by atoms with Crippen molar-refractivity contribution in [1.82, 2.24) is 9.88 Å². The molecule has 110 valence electrons. The summed E-state index contributed by atoms with van der Waals surface area (Å²) in [5.74, 6) is 0.924. The molecule has 0 atom stereocenters. The van der Waals surface area contributed by atoms with Crippen molar-refractivity contribution in [3.8, 4) is 0 Å². The van der Waals surface area contributed by atoms with E-state index < -0.39 is 0 Å². The number of nitrogens with zero attached hydrogens (tertiary/aromatic N) is 3. The molecule has 2 rings (SSSR count). The maximum atomic E-state index is 5.88. The Kier molecular flexibility index (Phi) is 4.94. The summed E-state index contributed by atoms with van der Waals surface area (Å²) >= 11 is 5.20. The van der Waals surface area contributed by atoms with Gasteiger partial charge in [0, 0.05) is 32.4 Å². The third-order valence-corrected chi connectivity index (χ3v) is 4.48. The van der Waals surface area contributed by atoms with E-state index in [0.29, 0.717) is 11.0 Å². The van der Waals surface area contributed by atoms with E-state index in [0.717, 1.165) is 49.4 Å². The van der Waals surface area contributed by atoms with Crippen LogP contribution in [0.25, 0.3) is 0 Å². The van der Waals surface area contributed by atoms with E-state index in [4.69, 9.17) is 18.0 Å². The van der Waals surface area contributed by atoms with Crippen LogP contribution >= 0.6 is 12.2 Å². The second-order valence-electron chi connectivity index (χ2n) is 5.47. The zero-order chi connectivity index (χ0) is 14.7. The number of hydrogen-bond acceptors (Lipinski definition) is 4. The van der Waals surface area contributed by atoms with Gasteiger partial charge in [0.25, 0.3) is 0 Å². The standard InChI is InChI=1S/C15H24N4S/c1-4-19-9-6-12(7-10-19)18(3)15-13(14(16)20)11(2)5-8-17-15/h5,8,12H,4,6-7,9-10H2,1-3H3,(H2,16,20). The lowest BCUT2D eigenvalue weighted by atomic mass is 10.0. The zero-order valence-electron chi connectivity index (χ0n) is 12.6. The van der Waals surface area contributed by atoms with Gasteiger partial charge in [0.05, 0.1) is 5.56 Å². The Labute approximate surface area is 127 Å². The van der Waals surface area contributed by atoms with Gasteiger partial charge in [-0.3, -0.25) is 0 Å². The summed E-state index contributed by atoms with van der Waals surface area (Å²) in [4.78, 5) is 9.70. The Morgan fingerprint density at radius 1 is 1.50 bits per heavy atom. The first-order valence-corrected chi connectivity index (χ1v) is 7.66. The largest absolute Gasteiger partial charge is 0.389 e. The highest BCUT2D eigenvalue weighted by Gasteiger charge is 2.24. The first-order valence-electron chi connectivity index (χ1n) is 7.25. The number of thiocarbonyl (C=S) groups is 1. The van der Waals surface area contributed by atoms with Crippen LogP contribution in [0.3, 0.4) is 0 Å². The Balaban J connectivity index is 2.20. The van der Waals surface area contributed by atoms with Gasteiger partial charge in [-0.15, -0.1) is 0 Å². The molecule has 0 radical (unpaired) electrons. The molecule has 1 aliphatic heterocycles. The summed E-state index contributed by atoms with van der Waals surface area (Å²) in [6.45, 7) is 7.70. The summed E-state index contributed by atoms with van der Waals surface area (Å²) in [5.41, 5.74) is 7.90. The Bertz CT molecular complexity index is 481. The molecule has 1 aromatic heterocycles. The van der Waals surface area contributed by atoms with Crippen LogP contribution in [0.1, 0.15) is 30.9 Å². The van der Waals surface area contributed by atoms with Crippen LogP contribution in [0, 0.1) is 6.92 Å². The van der Waals surface area contributed by atoms with Crippen molar-refractivity contribution in [2.24, 2.45) is 5.73 Å². The van der Waals surface area contributed by atoms with Crippen LogP contribution in [0.15, 0.2) is 12.3 Å². The van der Waals surface area contributed by atoms with Crippen molar-refractivity contribution in [3.05, 3.63) is 23.4 Å². The molecule has 0 bridgehead atoms. The van der Waals surface area contributed by atoms with Crippen molar-refractivity contribution in [3.63, 3.8) is 0 Å². The van der Waals surface area contributed by atoms with Crippen LogP contribution < -0.4 is 10.6 Å². The van der Waals surface area contributed by atoms with Gasteiger partial charge in [0.1, 0.15) is 10.8 Å². The second kappa shape index (κ2) is 6.50. The third-order valence-electron chi connectivity index (χ3n) is 4.27. The molecule has 1 aliphatic rings. The quantitative estimate of drug-likeness (QED) is 0.859. The highest BCUT2D eigenvalue weighted by molar-refractivity contribution is 7.80. The molecule has 20 heavy (non-hydrogen) atoms. The summed E-state index contributed by atoms with van der Waals surface area (Å²) in [6, 6.07) is 2.48. The number of hydrogen-bond donors (Lipinski definition) is 1. The van der Waals surface area contributed by atoms with E-state index >= 15 is 0 Å². The molecule has 0 spiro atoms. The highest BCUT2D eigenvalue weighted by Crippen LogP contribution is 2.25. The zero-order valence-corrected chi connectivity index (χ0v) is 13.4. The molecule has 5 heteroatoms. The number of anilines is 1. The number of rotatable bonds is 4. The van der Waals surface area contributed by atoms with Gasteiger partial charge in [0.15, 0.2) is 0 Å². The first-order chi connectivity index (χ1) is 9.54. The maximum absolute atomic E-state index is 5.88. The number of nitrogens with two attached hydrogens (primary N) is 1. The average Bonchev–Trinajstić information content (AvgIpc) is 2.46. The Hall–Kier alpha value is -1.20. The van der Waals surface area contributed by atoms with E-state index in [-0.39, 0.29) is 0 Å². The Morgan fingerprint density at radius 2 is 2.15 bits per heavy atom. The molecule has 0 saturated carbocycles. The number of likely N-dealkylation sites (tertiary alicyclic amines) is 1. The number of pyridine rings is 1.